The van der Waals surface area contributed by atoms with Gasteiger partial charge in [0, 0.05) is 0 Å². The fourth-order valence-corrected chi connectivity index (χ4v) is 5.34. The van der Waals surface area contributed by atoms with Crippen LogP contribution in [0.25, 0.3) is 11.1 Å². The van der Waals surface area contributed by atoms with Gasteiger partial charge in [0.2, 0.25) is 0 Å². The zero-order chi connectivity index (χ0) is 25.9. The first-order chi connectivity index (χ1) is 17.1. The van der Waals surface area contributed by atoms with Gasteiger partial charge >= 0.3 is 5.97 Å². The molecule has 7 heteroatoms. The molecular weight excluding hydrogens is 474 g/mol. The van der Waals surface area contributed by atoms with Crippen molar-refractivity contribution >= 4 is 22.9 Å². The molecule has 0 aromatic heterocycles. The van der Waals surface area contributed by atoms with E-state index in [2.05, 4.69) is 31.2 Å². The molecule has 0 saturated carbocycles. The quantitative estimate of drug-likeness (QED) is 0.296. The standard InChI is InChI=1S/C29H33NO5S/c1-20-11-13-21(14-12-20)22-15-17-23(18-16-22)30(36(32)33)26-9-5-8-25-24(26)7-6-10-27(25)34-19-28(31)35-29(2,3)4/h6-7,10-18,26H,5,8-9,19H2,1-4H3,(H,32,33). The lowest BCUT2D eigenvalue weighted by atomic mass is 9.87. The third-order valence-corrected chi connectivity index (χ3v) is 6.96. The van der Waals surface area contributed by atoms with Crippen LogP contribution in [0.15, 0.2) is 66.7 Å². The summed E-state index contributed by atoms with van der Waals surface area (Å²) in [5, 5.41) is 0. The van der Waals surface area contributed by atoms with Gasteiger partial charge in [0.25, 0.3) is 11.3 Å². The van der Waals surface area contributed by atoms with Crippen molar-refractivity contribution < 1.29 is 23.0 Å². The number of fused-ring (bicyclic) bond motifs is 1. The number of esters is 1. The van der Waals surface area contributed by atoms with Gasteiger partial charge in [-0.3, -0.25) is 8.86 Å². The first-order valence-electron chi connectivity index (χ1n) is 12.2. The first-order valence-corrected chi connectivity index (χ1v) is 13.2. The molecule has 0 spiro atoms. The maximum Gasteiger partial charge on any atom is 0.344 e. The Morgan fingerprint density at radius 1 is 1.03 bits per heavy atom. The van der Waals surface area contributed by atoms with E-state index < -0.39 is 22.8 Å². The van der Waals surface area contributed by atoms with E-state index in [1.54, 1.807) is 4.31 Å². The molecule has 3 aromatic carbocycles. The highest BCUT2D eigenvalue weighted by atomic mass is 32.2. The Morgan fingerprint density at radius 2 is 1.67 bits per heavy atom. The van der Waals surface area contributed by atoms with Crippen molar-refractivity contribution in [2.45, 2.75) is 58.6 Å². The van der Waals surface area contributed by atoms with E-state index in [9.17, 15) is 13.6 Å². The first kappa shape index (κ1) is 25.9. The van der Waals surface area contributed by atoms with Crippen LogP contribution in [0, 0.1) is 6.92 Å². The minimum atomic E-state index is -2.22. The molecule has 6 nitrogen and oxygen atoms in total. The minimum absolute atomic E-state index is 0.186. The smallest absolute Gasteiger partial charge is 0.344 e. The number of ether oxygens (including phenoxy) is 2. The van der Waals surface area contributed by atoms with Crippen LogP contribution in [0.1, 0.15) is 56.3 Å². The van der Waals surface area contributed by atoms with Crippen LogP contribution in [0.3, 0.4) is 0 Å². The maximum absolute atomic E-state index is 12.6. The zero-order valence-corrected chi connectivity index (χ0v) is 22.0. The number of anilines is 1. The topological polar surface area (TPSA) is 76.1 Å². The third kappa shape index (κ3) is 6.15. The van der Waals surface area contributed by atoms with Crippen molar-refractivity contribution in [2.75, 3.05) is 10.9 Å². The van der Waals surface area contributed by atoms with Crippen LogP contribution >= 0.6 is 0 Å². The molecule has 0 aliphatic heterocycles. The predicted octanol–water partition coefficient (Wildman–Crippen LogP) is 6.40. The fraction of sp³-hybridized carbons (Fsp3) is 0.345. The molecule has 0 saturated heterocycles. The van der Waals surface area contributed by atoms with Gasteiger partial charge in [0.1, 0.15) is 11.4 Å². The highest BCUT2D eigenvalue weighted by Crippen LogP contribution is 2.41. The van der Waals surface area contributed by atoms with E-state index >= 15 is 0 Å². The zero-order valence-electron chi connectivity index (χ0n) is 21.2. The summed E-state index contributed by atoms with van der Waals surface area (Å²) in [6.07, 6.45) is 2.34. The molecule has 0 bridgehead atoms. The molecule has 0 radical (unpaired) electrons. The van der Waals surface area contributed by atoms with Crippen LogP contribution in [-0.2, 0) is 27.2 Å². The molecular formula is C29H33NO5S. The second-order valence-electron chi connectivity index (χ2n) is 10.1. The van der Waals surface area contributed by atoms with Gasteiger partial charge in [-0.25, -0.2) is 9.00 Å². The van der Waals surface area contributed by atoms with Crippen molar-refractivity contribution in [3.63, 3.8) is 0 Å². The number of hydrogen-bond donors (Lipinski definition) is 1. The maximum atomic E-state index is 12.6. The van der Waals surface area contributed by atoms with Crippen LogP contribution < -0.4 is 9.04 Å². The number of rotatable bonds is 7. The van der Waals surface area contributed by atoms with Gasteiger partial charge in [0.05, 0.1) is 11.7 Å². The molecule has 4 rings (SSSR count). The summed E-state index contributed by atoms with van der Waals surface area (Å²) < 4.78 is 35.7. The Balaban J connectivity index is 1.58. The molecule has 1 N–H and O–H groups in total. The normalized spacial score (nSPS) is 16.1. The van der Waals surface area contributed by atoms with Crippen LogP contribution in [0.5, 0.6) is 5.75 Å². The molecule has 1 aliphatic rings. The van der Waals surface area contributed by atoms with Crippen molar-refractivity contribution in [3.8, 4) is 16.9 Å². The van der Waals surface area contributed by atoms with Crippen molar-refractivity contribution in [3.05, 3.63) is 83.4 Å². The summed E-state index contributed by atoms with van der Waals surface area (Å²) in [7, 11) is 0. The largest absolute Gasteiger partial charge is 0.482 e. The highest BCUT2D eigenvalue weighted by Gasteiger charge is 2.31. The van der Waals surface area contributed by atoms with Crippen molar-refractivity contribution in [1.82, 2.24) is 0 Å². The summed E-state index contributed by atoms with van der Waals surface area (Å²) in [5.74, 6) is 0.181. The molecule has 36 heavy (non-hydrogen) atoms. The van der Waals surface area contributed by atoms with E-state index in [1.807, 2.05) is 63.2 Å². The van der Waals surface area contributed by atoms with E-state index in [4.69, 9.17) is 9.47 Å². The SMILES string of the molecule is Cc1ccc(-c2ccc(N(C3CCCc4c(OCC(=O)OC(C)(C)C)cccc43)S(=O)O)cc2)cc1. The Kier molecular flexibility index (Phi) is 7.81. The Morgan fingerprint density at radius 3 is 2.28 bits per heavy atom. The van der Waals surface area contributed by atoms with E-state index in [1.165, 1.54) is 5.56 Å². The molecule has 1 aliphatic carbocycles. The molecule has 2 unspecified atom stereocenters. The molecule has 0 amide bonds. The number of hydrogen-bond acceptors (Lipinski definition) is 4. The van der Waals surface area contributed by atoms with Gasteiger partial charge in [-0.2, -0.15) is 0 Å². The van der Waals surface area contributed by atoms with Crippen LogP contribution in [0.2, 0.25) is 0 Å². The number of aryl methyl sites for hydroxylation is 1. The predicted molar refractivity (Wildman–Crippen MR) is 143 cm³/mol. The Hall–Kier alpha value is -3.16. The number of nitrogens with zero attached hydrogens (tertiary/aromatic N) is 1. The summed E-state index contributed by atoms with van der Waals surface area (Å²) in [6.45, 7) is 7.32. The Bertz CT molecular complexity index is 1230. The summed E-state index contributed by atoms with van der Waals surface area (Å²) >= 11 is -2.22. The third-order valence-electron chi connectivity index (χ3n) is 6.16. The summed E-state index contributed by atoms with van der Waals surface area (Å²) in [4.78, 5) is 12.2. The van der Waals surface area contributed by atoms with E-state index in [-0.39, 0.29) is 12.6 Å². The van der Waals surface area contributed by atoms with Gasteiger partial charge in [-0.1, -0.05) is 54.1 Å². The van der Waals surface area contributed by atoms with Crippen molar-refractivity contribution in [1.29, 1.82) is 0 Å². The van der Waals surface area contributed by atoms with Crippen LogP contribution in [-0.4, -0.2) is 26.9 Å². The highest BCUT2D eigenvalue weighted by molar-refractivity contribution is 7.80. The van der Waals surface area contributed by atoms with Gasteiger partial charge in [0.15, 0.2) is 6.61 Å². The monoisotopic (exact) mass is 507 g/mol. The lowest BCUT2D eigenvalue weighted by Gasteiger charge is -2.35. The lowest BCUT2D eigenvalue weighted by Crippen LogP contribution is -2.33. The van der Waals surface area contributed by atoms with E-state index in [0.717, 1.165) is 41.5 Å². The lowest BCUT2D eigenvalue weighted by molar-refractivity contribution is -0.157. The fourth-order valence-electron chi connectivity index (χ4n) is 4.60. The minimum Gasteiger partial charge on any atom is -0.482 e. The number of carbonyl (C=O) groups excluding carboxylic acids is 1. The molecule has 2 atom stereocenters. The number of carbonyl (C=O) groups is 1. The molecule has 0 heterocycles. The summed E-state index contributed by atoms with van der Waals surface area (Å²) in [5.41, 5.74) is 5.33. The van der Waals surface area contributed by atoms with Gasteiger partial charge in [-0.15, -0.1) is 0 Å². The second-order valence-corrected chi connectivity index (χ2v) is 10.9. The second kappa shape index (κ2) is 10.8. The summed E-state index contributed by atoms with van der Waals surface area (Å²) in [6, 6.07) is 21.4. The number of benzene rings is 3. The molecule has 0 fully saturated rings. The Labute approximate surface area is 215 Å². The molecule has 3 aromatic rings. The van der Waals surface area contributed by atoms with Crippen molar-refractivity contribution in [2.24, 2.45) is 0 Å². The molecule has 190 valence electrons. The van der Waals surface area contributed by atoms with E-state index in [0.29, 0.717) is 11.4 Å². The average molecular weight is 508 g/mol. The van der Waals surface area contributed by atoms with Gasteiger partial charge < -0.3 is 9.47 Å². The van der Waals surface area contributed by atoms with Crippen LogP contribution in [0.4, 0.5) is 5.69 Å². The van der Waals surface area contributed by atoms with Gasteiger partial charge in [-0.05, 0) is 87.4 Å². The average Bonchev–Trinajstić information content (AvgIpc) is 2.83.